The largest absolute Gasteiger partial charge is 0.504 e. The summed E-state index contributed by atoms with van der Waals surface area (Å²) >= 11 is 6.00. The molecule has 0 radical (unpaired) electrons. The summed E-state index contributed by atoms with van der Waals surface area (Å²) in [5.41, 5.74) is -0.464. The maximum absolute atomic E-state index is 14.4. The van der Waals surface area contributed by atoms with E-state index in [2.05, 4.69) is 4.74 Å². The molecule has 1 saturated carbocycles. The molecule has 3 fully saturated rings. The molecule has 42 heavy (non-hydrogen) atoms. The Morgan fingerprint density at radius 3 is 2.48 bits per heavy atom. The topological polar surface area (TPSA) is 131 Å². The highest BCUT2D eigenvalue weighted by atomic mass is 35.5. The van der Waals surface area contributed by atoms with Crippen LogP contribution in [0.15, 0.2) is 48.0 Å². The van der Waals surface area contributed by atoms with Crippen molar-refractivity contribution in [3.63, 3.8) is 0 Å². The highest BCUT2D eigenvalue weighted by Gasteiger charge is 2.68. The molecule has 4 aliphatic rings. The third-order valence-electron chi connectivity index (χ3n) is 9.35. The summed E-state index contributed by atoms with van der Waals surface area (Å²) in [6.07, 6.45) is 0.818. The van der Waals surface area contributed by atoms with Crippen LogP contribution in [0.5, 0.6) is 11.5 Å². The van der Waals surface area contributed by atoms with E-state index < -0.39 is 70.5 Å². The van der Waals surface area contributed by atoms with E-state index in [1.165, 1.54) is 19.2 Å². The lowest BCUT2D eigenvalue weighted by Crippen LogP contribution is -2.49. The maximum atomic E-state index is 14.4. The number of methoxy groups -OCH3 is 2. The van der Waals surface area contributed by atoms with Crippen LogP contribution in [0.3, 0.4) is 0 Å². The standard InChI is InChI=1S/C30H26ClFN2O8/c1-30-18(26(37)33(28(30)39)13-7-10-20(32)19(31)11-13)12-17-14(23(30)16-5-4-6-21(41-2)24(16)35)8-9-15-22(17)27(38)34(25(15)36)29(40)42-3/h4-8,10-11,15,17-18,22-23,35H,9,12H2,1-3H3. The predicted octanol–water partition coefficient (Wildman–Crippen LogP) is 4.19. The molecule has 6 rings (SSSR count). The van der Waals surface area contributed by atoms with Gasteiger partial charge in [-0.25, -0.2) is 14.1 Å². The van der Waals surface area contributed by atoms with Crippen molar-refractivity contribution in [1.82, 2.24) is 4.90 Å². The summed E-state index contributed by atoms with van der Waals surface area (Å²) in [5.74, 6) is -7.84. The van der Waals surface area contributed by atoms with Crippen molar-refractivity contribution in [3.8, 4) is 11.5 Å². The number of benzene rings is 2. The number of phenols is 1. The van der Waals surface area contributed by atoms with Gasteiger partial charge in [0, 0.05) is 11.5 Å². The highest BCUT2D eigenvalue weighted by Crippen LogP contribution is 2.64. The van der Waals surface area contributed by atoms with Crippen molar-refractivity contribution in [2.45, 2.75) is 25.7 Å². The first kappa shape index (κ1) is 27.9. The zero-order chi connectivity index (χ0) is 30.2. The molecular formula is C30H26ClFN2O8. The number of rotatable bonds is 3. The number of aromatic hydroxyl groups is 1. The minimum absolute atomic E-state index is 0.0226. The SMILES string of the molecule is COC(=O)N1C(=O)C2CC=C3C(CC4C(=O)N(c5ccc(F)c(Cl)c5)C(=O)C4(C)C3c3cccc(OC)c3O)C2C1=O. The van der Waals surface area contributed by atoms with E-state index in [1.807, 2.05) is 0 Å². The molecule has 6 unspecified atom stereocenters. The van der Waals surface area contributed by atoms with Crippen LogP contribution in [-0.4, -0.2) is 53.9 Å². The second-order valence-electron chi connectivity index (χ2n) is 11.1. The molecule has 12 heteroatoms. The minimum Gasteiger partial charge on any atom is -0.504 e. The van der Waals surface area contributed by atoms with Gasteiger partial charge in [-0.15, -0.1) is 0 Å². The number of amides is 5. The first-order valence-corrected chi connectivity index (χ1v) is 13.7. The van der Waals surface area contributed by atoms with Crippen molar-refractivity contribution in [2.24, 2.45) is 29.1 Å². The molecule has 1 N–H and O–H groups in total. The number of halogens is 2. The number of anilines is 1. The first-order chi connectivity index (χ1) is 20.0. The number of allylic oxidation sites excluding steroid dienone is 2. The fraction of sp³-hybridized carbons (Fsp3) is 0.367. The van der Waals surface area contributed by atoms with E-state index in [9.17, 15) is 33.5 Å². The Labute approximate surface area is 244 Å². The summed E-state index contributed by atoms with van der Waals surface area (Å²) in [5, 5.41) is 11.0. The number of hydrogen-bond acceptors (Lipinski definition) is 8. The van der Waals surface area contributed by atoms with E-state index in [-0.39, 0.29) is 35.1 Å². The van der Waals surface area contributed by atoms with Gasteiger partial charge < -0.3 is 14.6 Å². The highest BCUT2D eigenvalue weighted by molar-refractivity contribution is 6.31. The van der Waals surface area contributed by atoms with Crippen LogP contribution in [0, 0.1) is 34.9 Å². The Kier molecular flexibility index (Phi) is 6.41. The van der Waals surface area contributed by atoms with Gasteiger partial charge in [-0.3, -0.25) is 19.2 Å². The summed E-state index contributed by atoms with van der Waals surface area (Å²) in [7, 11) is 2.45. The lowest BCUT2D eigenvalue weighted by molar-refractivity contribution is -0.138. The van der Waals surface area contributed by atoms with Crippen molar-refractivity contribution in [2.75, 3.05) is 19.1 Å². The molecule has 6 atom stereocenters. The number of hydrogen-bond donors (Lipinski definition) is 1. The zero-order valence-corrected chi connectivity index (χ0v) is 23.6. The van der Waals surface area contributed by atoms with Gasteiger partial charge >= 0.3 is 6.09 Å². The Balaban J connectivity index is 1.54. The number of ether oxygens (including phenoxy) is 2. The molecule has 2 aromatic rings. The van der Waals surface area contributed by atoms with Crippen molar-refractivity contribution in [3.05, 3.63) is 64.5 Å². The molecule has 218 valence electrons. The Morgan fingerprint density at radius 1 is 1.07 bits per heavy atom. The number of nitrogens with zero attached hydrogens (tertiary/aromatic N) is 2. The Hall–Kier alpha value is -4.25. The lowest BCUT2D eigenvalue weighted by atomic mass is 9.51. The summed E-state index contributed by atoms with van der Waals surface area (Å²) in [6, 6.07) is 8.35. The Morgan fingerprint density at radius 2 is 1.81 bits per heavy atom. The van der Waals surface area contributed by atoms with Gasteiger partial charge in [0.1, 0.15) is 5.82 Å². The van der Waals surface area contributed by atoms with E-state index in [0.29, 0.717) is 16.0 Å². The quantitative estimate of drug-likeness (QED) is 0.412. The van der Waals surface area contributed by atoms with Gasteiger partial charge in [-0.05, 0) is 49.9 Å². The molecule has 2 aromatic carbocycles. The maximum Gasteiger partial charge on any atom is 0.423 e. The molecule has 2 saturated heterocycles. The van der Waals surface area contributed by atoms with Gasteiger partial charge in [0.2, 0.25) is 23.6 Å². The summed E-state index contributed by atoms with van der Waals surface area (Å²) < 4.78 is 24.0. The van der Waals surface area contributed by atoms with Crippen LogP contribution in [0.25, 0.3) is 0 Å². The fourth-order valence-corrected chi connectivity index (χ4v) is 7.61. The average Bonchev–Trinajstić information content (AvgIpc) is 3.34. The van der Waals surface area contributed by atoms with Crippen molar-refractivity contribution >= 4 is 47.0 Å². The van der Waals surface area contributed by atoms with Gasteiger partial charge in [0.05, 0.1) is 48.1 Å². The zero-order valence-electron chi connectivity index (χ0n) is 22.8. The van der Waals surface area contributed by atoms with E-state index in [1.54, 1.807) is 31.2 Å². The van der Waals surface area contributed by atoms with Crippen molar-refractivity contribution < 1.29 is 42.9 Å². The number of carbonyl (C=O) groups excluding carboxylic acids is 5. The smallest absolute Gasteiger partial charge is 0.423 e. The average molecular weight is 597 g/mol. The van der Waals surface area contributed by atoms with Crippen LogP contribution >= 0.6 is 11.6 Å². The number of imide groups is 4. The summed E-state index contributed by atoms with van der Waals surface area (Å²) in [6.45, 7) is 1.64. The van der Waals surface area contributed by atoms with Gasteiger partial charge in [-0.2, -0.15) is 4.90 Å². The normalized spacial score (nSPS) is 30.1. The predicted molar refractivity (Wildman–Crippen MR) is 145 cm³/mol. The van der Waals surface area contributed by atoms with Crippen LogP contribution in [0.2, 0.25) is 5.02 Å². The van der Waals surface area contributed by atoms with Gasteiger partial charge in [-0.1, -0.05) is 35.4 Å². The molecular weight excluding hydrogens is 571 g/mol. The molecule has 2 heterocycles. The monoisotopic (exact) mass is 596 g/mol. The Bertz CT molecular complexity index is 1620. The first-order valence-electron chi connectivity index (χ1n) is 13.3. The molecule has 0 bridgehead atoms. The second-order valence-corrected chi connectivity index (χ2v) is 11.5. The van der Waals surface area contributed by atoms with Crippen LogP contribution in [0.4, 0.5) is 14.9 Å². The van der Waals surface area contributed by atoms with Gasteiger partial charge in [0.15, 0.2) is 11.5 Å². The molecule has 10 nitrogen and oxygen atoms in total. The van der Waals surface area contributed by atoms with E-state index in [4.69, 9.17) is 16.3 Å². The number of likely N-dealkylation sites (tertiary alicyclic amines) is 1. The fourth-order valence-electron chi connectivity index (χ4n) is 7.44. The summed E-state index contributed by atoms with van der Waals surface area (Å²) in [4.78, 5) is 69.0. The number of carbonyl (C=O) groups is 5. The van der Waals surface area contributed by atoms with Crippen LogP contribution in [-0.2, 0) is 23.9 Å². The molecule has 0 spiro atoms. The van der Waals surface area contributed by atoms with E-state index in [0.717, 1.165) is 18.1 Å². The number of phenolic OH excluding ortho intramolecular Hbond substituents is 1. The van der Waals surface area contributed by atoms with Crippen LogP contribution < -0.4 is 9.64 Å². The van der Waals surface area contributed by atoms with Crippen LogP contribution in [0.1, 0.15) is 31.2 Å². The molecule has 0 aromatic heterocycles. The molecule has 2 aliphatic carbocycles. The van der Waals surface area contributed by atoms with E-state index >= 15 is 0 Å². The minimum atomic E-state index is -1.45. The molecule has 2 aliphatic heterocycles. The number of para-hydroxylation sites is 1. The lowest BCUT2D eigenvalue weighted by Gasteiger charge is -2.49. The van der Waals surface area contributed by atoms with Crippen molar-refractivity contribution in [1.29, 1.82) is 0 Å². The second kappa shape index (κ2) is 9.65. The third kappa shape index (κ3) is 3.58. The third-order valence-corrected chi connectivity index (χ3v) is 9.64. The number of fused-ring (bicyclic) bond motifs is 4. The van der Waals surface area contributed by atoms with Gasteiger partial charge in [0.25, 0.3) is 0 Å². The molecule has 5 amide bonds.